The van der Waals surface area contributed by atoms with Crippen molar-refractivity contribution in [2.75, 3.05) is 13.7 Å². The van der Waals surface area contributed by atoms with Gasteiger partial charge in [0.15, 0.2) is 0 Å². The Balaban J connectivity index is 2.21. The van der Waals surface area contributed by atoms with Gasteiger partial charge in [-0.25, -0.2) is 0 Å². The molecule has 0 bridgehead atoms. The van der Waals surface area contributed by atoms with Crippen LogP contribution in [0.25, 0.3) is 0 Å². The van der Waals surface area contributed by atoms with E-state index in [1.807, 2.05) is 7.11 Å². The first-order valence-corrected chi connectivity index (χ1v) is 8.01. The molecule has 0 aromatic heterocycles. The molecule has 2 nitrogen and oxygen atoms in total. The van der Waals surface area contributed by atoms with Gasteiger partial charge in [-0.15, -0.1) is 0 Å². The summed E-state index contributed by atoms with van der Waals surface area (Å²) in [6, 6.07) is 9.41. The monoisotopic (exact) mass is 275 g/mol. The summed E-state index contributed by atoms with van der Waals surface area (Å²) < 4.78 is 5.90. The van der Waals surface area contributed by atoms with E-state index in [2.05, 4.69) is 50.4 Å². The molecule has 0 heterocycles. The third kappa shape index (κ3) is 3.07. The molecule has 2 heteroatoms. The minimum atomic E-state index is 0.00845. The van der Waals surface area contributed by atoms with E-state index in [9.17, 15) is 0 Å². The van der Waals surface area contributed by atoms with E-state index in [1.54, 1.807) is 0 Å². The van der Waals surface area contributed by atoms with Crippen LogP contribution in [0.1, 0.15) is 69.5 Å². The highest BCUT2D eigenvalue weighted by Gasteiger charge is 2.44. The highest BCUT2D eigenvalue weighted by Crippen LogP contribution is 2.45. The van der Waals surface area contributed by atoms with Crippen molar-refractivity contribution in [3.8, 4) is 0 Å². The Labute approximate surface area is 123 Å². The summed E-state index contributed by atoms with van der Waals surface area (Å²) >= 11 is 0. The molecule has 1 atom stereocenters. The van der Waals surface area contributed by atoms with Crippen LogP contribution in [0, 0.1) is 0 Å². The molecular weight excluding hydrogens is 246 g/mol. The lowest BCUT2D eigenvalue weighted by Gasteiger charge is -2.47. The van der Waals surface area contributed by atoms with Gasteiger partial charge in [-0.3, -0.25) is 0 Å². The van der Waals surface area contributed by atoms with Crippen molar-refractivity contribution in [2.45, 2.75) is 64.0 Å². The second-order valence-electron chi connectivity index (χ2n) is 6.33. The second kappa shape index (κ2) is 6.73. The van der Waals surface area contributed by atoms with Gasteiger partial charge in [0.2, 0.25) is 0 Å². The molecule has 0 saturated heterocycles. The van der Waals surface area contributed by atoms with Crippen LogP contribution in [0.3, 0.4) is 0 Å². The van der Waals surface area contributed by atoms with Crippen LogP contribution in [0.15, 0.2) is 24.3 Å². The van der Waals surface area contributed by atoms with Crippen LogP contribution in [0.2, 0.25) is 0 Å². The molecule has 1 aromatic carbocycles. The Bertz CT molecular complexity index is 400. The number of ether oxygens (including phenoxy) is 1. The smallest absolute Gasteiger partial charge is 0.0872 e. The molecule has 0 aliphatic heterocycles. The fourth-order valence-electron chi connectivity index (χ4n) is 3.11. The lowest BCUT2D eigenvalue weighted by atomic mass is 9.72. The van der Waals surface area contributed by atoms with Crippen molar-refractivity contribution in [3.63, 3.8) is 0 Å². The van der Waals surface area contributed by atoms with Gasteiger partial charge in [0.05, 0.1) is 11.6 Å². The van der Waals surface area contributed by atoms with E-state index in [0.717, 1.165) is 25.8 Å². The van der Waals surface area contributed by atoms with Crippen molar-refractivity contribution in [1.29, 1.82) is 0 Å². The van der Waals surface area contributed by atoms with Gasteiger partial charge in [0.25, 0.3) is 0 Å². The highest BCUT2D eigenvalue weighted by molar-refractivity contribution is 5.29. The molecule has 1 saturated carbocycles. The van der Waals surface area contributed by atoms with Crippen molar-refractivity contribution in [1.82, 2.24) is 5.32 Å². The van der Waals surface area contributed by atoms with Crippen molar-refractivity contribution in [3.05, 3.63) is 35.4 Å². The van der Waals surface area contributed by atoms with E-state index in [1.165, 1.54) is 17.5 Å². The van der Waals surface area contributed by atoms with Crippen LogP contribution < -0.4 is 5.32 Å². The van der Waals surface area contributed by atoms with E-state index in [0.29, 0.717) is 12.0 Å². The van der Waals surface area contributed by atoms with Crippen LogP contribution in [0.5, 0.6) is 0 Å². The summed E-state index contributed by atoms with van der Waals surface area (Å²) in [4.78, 5) is 0. The molecule has 0 amide bonds. The summed E-state index contributed by atoms with van der Waals surface area (Å²) in [5, 5.41) is 3.70. The molecule has 112 valence electrons. The Morgan fingerprint density at radius 1 is 1.15 bits per heavy atom. The highest BCUT2D eigenvalue weighted by atomic mass is 16.5. The molecule has 1 aliphatic rings. The van der Waals surface area contributed by atoms with E-state index in [-0.39, 0.29) is 5.60 Å². The molecule has 1 unspecified atom stereocenters. The summed E-state index contributed by atoms with van der Waals surface area (Å²) in [5.74, 6) is 0.589. The van der Waals surface area contributed by atoms with Gasteiger partial charge in [0, 0.05) is 7.11 Å². The summed E-state index contributed by atoms with van der Waals surface area (Å²) in [7, 11) is 1.86. The molecule has 1 aromatic rings. The average molecular weight is 275 g/mol. The van der Waals surface area contributed by atoms with Crippen LogP contribution in [-0.2, 0) is 4.74 Å². The first-order valence-electron chi connectivity index (χ1n) is 8.01. The average Bonchev–Trinajstić information content (AvgIpc) is 2.42. The van der Waals surface area contributed by atoms with E-state index in [4.69, 9.17) is 4.74 Å². The lowest BCUT2D eigenvalue weighted by Crippen LogP contribution is -2.50. The van der Waals surface area contributed by atoms with E-state index >= 15 is 0 Å². The Morgan fingerprint density at radius 2 is 1.75 bits per heavy atom. The number of benzene rings is 1. The summed E-state index contributed by atoms with van der Waals surface area (Å²) in [6.07, 6.45) is 4.76. The van der Waals surface area contributed by atoms with E-state index < -0.39 is 0 Å². The Hall–Kier alpha value is -0.860. The number of rotatable bonds is 7. The quantitative estimate of drug-likeness (QED) is 0.795. The lowest BCUT2D eigenvalue weighted by molar-refractivity contribution is -0.0997. The van der Waals surface area contributed by atoms with Gasteiger partial charge >= 0.3 is 0 Å². The van der Waals surface area contributed by atoms with Gasteiger partial charge in [0.1, 0.15) is 0 Å². The first kappa shape index (κ1) is 15.5. The van der Waals surface area contributed by atoms with Gasteiger partial charge < -0.3 is 10.1 Å². The van der Waals surface area contributed by atoms with Crippen LogP contribution >= 0.6 is 0 Å². The van der Waals surface area contributed by atoms with Crippen molar-refractivity contribution in [2.24, 2.45) is 0 Å². The maximum Gasteiger partial charge on any atom is 0.0872 e. The third-order valence-corrected chi connectivity index (χ3v) is 4.67. The maximum absolute atomic E-state index is 5.90. The predicted octanol–water partition coefficient (Wildman–Crippen LogP) is 4.42. The van der Waals surface area contributed by atoms with Crippen LogP contribution in [-0.4, -0.2) is 19.3 Å². The largest absolute Gasteiger partial charge is 0.376 e. The SMILES string of the molecule is CCCNC(c1ccc(C(C)C)cc1)C1(OC)CCC1. The van der Waals surface area contributed by atoms with Gasteiger partial charge in [-0.05, 0) is 49.3 Å². The second-order valence-corrected chi connectivity index (χ2v) is 6.33. The number of nitrogens with one attached hydrogen (secondary N) is 1. The molecular formula is C18H29NO. The number of hydrogen-bond acceptors (Lipinski definition) is 2. The fraction of sp³-hybridized carbons (Fsp3) is 0.667. The fourth-order valence-corrected chi connectivity index (χ4v) is 3.11. The van der Waals surface area contributed by atoms with Gasteiger partial charge in [-0.2, -0.15) is 0 Å². The molecule has 1 aliphatic carbocycles. The topological polar surface area (TPSA) is 21.3 Å². The Morgan fingerprint density at radius 3 is 2.15 bits per heavy atom. The third-order valence-electron chi connectivity index (χ3n) is 4.67. The molecule has 0 radical (unpaired) electrons. The zero-order valence-corrected chi connectivity index (χ0v) is 13.4. The van der Waals surface area contributed by atoms with Crippen LogP contribution in [0.4, 0.5) is 0 Å². The number of methoxy groups -OCH3 is 1. The summed E-state index contributed by atoms with van der Waals surface area (Å²) in [6.45, 7) is 7.74. The predicted molar refractivity (Wildman–Crippen MR) is 85.2 cm³/mol. The normalized spacial score (nSPS) is 18.9. The first-order chi connectivity index (χ1) is 9.63. The zero-order chi connectivity index (χ0) is 14.6. The van der Waals surface area contributed by atoms with Gasteiger partial charge in [-0.1, -0.05) is 45.0 Å². The maximum atomic E-state index is 5.90. The van der Waals surface area contributed by atoms with Crippen molar-refractivity contribution < 1.29 is 4.74 Å². The molecule has 1 N–H and O–H groups in total. The molecule has 20 heavy (non-hydrogen) atoms. The minimum Gasteiger partial charge on any atom is -0.376 e. The standard InChI is InChI=1S/C18H29NO/c1-5-13-19-17(18(20-4)11-6-12-18)16-9-7-15(8-10-16)14(2)3/h7-10,14,17,19H,5-6,11-13H2,1-4H3. The molecule has 2 rings (SSSR count). The summed E-state index contributed by atoms with van der Waals surface area (Å²) in [5.41, 5.74) is 2.78. The Kier molecular flexibility index (Phi) is 5.22. The zero-order valence-electron chi connectivity index (χ0n) is 13.4. The molecule has 0 spiro atoms. The number of hydrogen-bond donors (Lipinski definition) is 1. The van der Waals surface area contributed by atoms with Crippen molar-refractivity contribution >= 4 is 0 Å². The minimum absolute atomic E-state index is 0.00845. The molecule has 1 fully saturated rings.